The van der Waals surface area contributed by atoms with E-state index in [2.05, 4.69) is 10.3 Å². The van der Waals surface area contributed by atoms with Crippen LogP contribution in [-0.2, 0) is 17.8 Å². The van der Waals surface area contributed by atoms with Crippen LogP contribution in [-0.4, -0.2) is 17.5 Å². The van der Waals surface area contributed by atoms with Crippen molar-refractivity contribution in [2.24, 2.45) is 0 Å². The molecule has 2 aromatic carbocycles. The zero-order valence-corrected chi connectivity index (χ0v) is 16.3. The van der Waals surface area contributed by atoms with Gasteiger partial charge in [0, 0.05) is 10.4 Å². The molecule has 27 heavy (non-hydrogen) atoms. The number of ether oxygens (including phenoxy) is 2. The van der Waals surface area contributed by atoms with Crippen molar-refractivity contribution in [1.82, 2.24) is 4.98 Å². The van der Waals surface area contributed by atoms with E-state index >= 15 is 0 Å². The molecule has 3 aromatic rings. The van der Waals surface area contributed by atoms with Crippen molar-refractivity contribution in [3.05, 3.63) is 69.6 Å². The lowest BCUT2D eigenvalue weighted by molar-refractivity contribution is -0.115. The third-order valence-corrected chi connectivity index (χ3v) is 4.70. The molecule has 0 aliphatic rings. The van der Waals surface area contributed by atoms with E-state index in [9.17, 15) is 4.79 Å². The molecule has 1 aromatic heterocycles. The van der Waals surface area contributed by atoms with Crippen molar-refractivity contribution in [3.63, 3.8) is 0 Å². The summed E-state index contributed by atoms with van der Waals surface area (Å²) < 4.78 is 11.2. The largest absolute Gasteiger partial charge is 0.492 e. The number of amides is 1. The van der Waals surface area contributed by atoms with Gasteiger partial charge in [-0.15, -0.1) is 11.3 Å². The minimum atomic E-state index is -0.141. The molecule has 5 nitrogen and oxygen atoms in total. The summed E-state index contributed by atoms with van der Waals surface area (Å²) in [6.45, 7) is 2.79. The molecule has 1 N–H and O–H groups in total. The molecule has 0 bridgehead atoms. The second-order valence-corrected chi connectivity index (χ2v) is 7.01. The number of anilines is 1. The number of rotatable bonds is 8. The molecule has 0 atom stereocenters. The highest BCUT2D eigenvalue weighted by molar-refractivity contribution is 7.09. The Balaban J connectivity index is 1.54. The summed E-state index contributed by atoms with van der Waals surface area (Å²) in [6, 6.07) is 14.5. The summed E-state index contributed by atoms with van der Waals surface area (Å²) >= 11 is 7.32. The van der Waals surface area contributed by atoms with Crippen molar-refractivity contribution in [2.75, 3.05) is 11.9 Å². The third-order valence-electron chi connectivity index (χ3n) is 3.58. The SMILES string of the molecule is CCOc1ccccc1NC(=O)Cc1csc(COc2ccc(Cl)cc2)n1. The number of nitrogens with one attached hydrogen (secondary N) is 1. The van der Waals surface area contributed by atoms with Gasteiger partial charge < -0.3 is 14.8 Å². The minimum Gasteiger partial charge on any atom is -0.492 e. The molecule has 7 heteroatoms. The van der Waals surface area contributed by atoms with E-state index in [1.807, 2.05) is 36.6 Å². The molecule has 0 radical (unpaired) electrons. The number of hydrogen-bond acceptors (Lipinski definition) is 5. The molecule has 0 fully saturated rings. The number of benzene rings is 2. The number of aromatic nitrogens is 1. The van der Waals surface area contributed by atoms with Crippen molar-refractivity contribution >= 4 is 34.5 Å². The monoisotopic (exact) mass is 402 g/mol. The third kappa shape index (κ3) is 5.70. The molecule has 0 aliphatic carbocycles. The Kier molecular flexibility index (Phi) is 6.68. The van der Waals surface area contributed by atoms with Crippen LogP contribution in [0.3, 0.4) is 0 Å². The Morgan fingerprint density at radius 2 is 1.93 bits per heavy atom. The Bertz CT molecular complexity index is 896. The lowest BCUT2D eigenvalue weighted by atomic mass is 10.2. The van der Waals surface area contributed by atoms with E-state index in [-0.39, 0.29) is 12.3 Å². The van der Waals surface area contributed by atoms with Gasteiger partial charge in [-0.05, 0) is 43.3 Å². The van der Waals surface area contributed by atoms with Crippen molar-refractivity contribution in [3.8, 4) is 11.5 Å². The lowest BCUT2D eigenvalue weighted by Gasteiger charge is -2.10. The molecular formula is C20H19ClN2O3S. The molecular weight excluding hydrogens is 384 g/mol. The van der Waals surface area contributed by atoms with Crippen LogP contribution in [0.15, 0.2) is 53.9 Å². The van der Waals surface area contributed by atoms with Gasteiger partial charge in [-0.1, -0.05) is 23.7 Å². The van der Waals surface area contributed by atoms with Crippen LogP contribution in [0.1, 0.15) is 17.6 Å². The average molecular weight is 403 g/mol. The molecule has 0 saturated heterocycles. The Hall–Kier alpha value is -2.57. The molecule has 1 amide bonds. The number of thiazole rings is 1. The van der Waals surface area contributed by atoms with Gasteiger partial charge in [0.05, 0.1) is 24.4 Å². The molecule has 0 saturated carbocycles. The number of carbonyl (C=O) groups excluding carboxylic acids is 1. The zero-order chi connectivity index (χ0) is 19.1. The Morgan fingerprint density at radius 1 is 1.15 bits per heavy atom. The molecule has 0 unspecified atom stereocenters. The normalized spacial score (nSPS) is 10.4. The van der Waals surface area contributed by atoms with Gasteiger partial charge in [-0.3, -0.25) is 4.79 Å². The van der Waals surface area contributed by atoms with Gasteiger partial charge in [0.1, 0.15) is 23.1 Å². The first-order valence-electron chi connectivity index (χ1n) is 8.47. The van der Waals surface area contributed by atoms with Crippen LogP contribution in [0.2, 0.25) is 5.02 Å². The van der Waals surface area contributed by atoms with E-state index in [0.29, 0.717) is 35.4 Å². The highest BCUT2D eigenvalue weighted by atomic mass is 35.5. The molecule has 1 heterocycles. The fourth-order valence-electron chi connectivity index (χ4n) is 2.38. The average Bonchev–Trinajstić information content (AvgIpc) is 3.10. The standard InChI is InChI=1S/C20H19ClN2O3S/c1-2-25-18-6-4-3-5-17(18)23-19(24)11-15-13-27-20(22-15)12-26-16-9-7-14(21)8-10-16/h3-10,13H,2,11-12H2,1H3,(H,23,24). The molecule has 0 aliphatic heterocycles. The first-order chi connectivity index (χ1) is 13.1. The number of hydrogen-bond donors (Lipinski definition) is 1. The summed E-state index contributed by atoms with van der Waals surface area (Å²) in [5.74, 6) is 1.24. The predicted molar refractivity (Wildman–Crippen MR) is 108 cm³/mol. The van der Waals surface area contributed by atoms with Gasteiger partial charge in [0.25, 0.3) is 0 Å². The number of halogens is 1. The van der Waals surface area contributed by atoms with Crippen LogP contribution in [0.25, 0.3) is 0 Å². The smallest absolute Gasteiger partial charge is 0.230 e. The van der Waals surface area contributed by atoms with E-state index in [1.165, 1.54) is 11.3 Å². The second-order valence-electron chi connectivity index (χ2n) is 5.63. The minimum absolute atomic E-state index is 0.141. The maximum absolute atomic E-state index is 12.3. The predicted octanol–water partition coefficient (Wildman–Crippen LogP) is 4.96. The van der Waals surface area contributed by atoms with Gasteiger partial charge in [0.15, 0.2) is 0 Å². The van der Waals surface area contributed by atoms with Gasteiger partial charge in [-0.25, -0.2) is 4.98 Å². The molecule has 0 spiro atoms. The fourth-order valence-corrected chi connectivity index (χ4v) is 3.21. The highest BCUT2D eigenvalue weighted by Crippen LogP contribution is 2.24. The fraction of sp³-hybridized carbons (Fsp3) is 0.200. The van der Waals surface area contributed by atoms with E-state index in [1.54, 1.807) is 24.3 Å². The van der Waals surface area contributed by atoms with E-state index < -0.39 is 0 Å². The van der Waals surface area contributed by atoms with Crippen molar-refractivity contribution in [2.45, 2.75) is 20.0 Å². The summed E-state index contributed by atoms with van der Waals surface area (Å²) in [5.41, 5.74) is 1.37. The topological polar surface area (TPSA) is 60.5 Å². The summed E-state index contributed by atoms with van der Waals surface area (Å²) in [7, 11) is 0. The van der Waals surface area contributed by atoms with Crippen LogP contribution >= 0.6 is 22.9 Å². The maximum Gasteiger partial charge on any atom is 0.230 e. The number of carbonyl (C=O) groups is 1. The number of nitrogens with zero attached hydrogens (tertiary/aromatic N) is 1. The van der Waals surface area contributed by atoms with E-state index in [0.717, 1.165) is 10.8 Å². The van der Waals surface area contributed by atoms with E-state index in [4.69, 9.17) is 21.1 Å². The van der Waals surface area contributed by atoms with Crippen LogP contribution < -0.4 is 14.8 Å². The first-order valence-corrected chi connectivity index (χ1v) is 9.73. The van der Waals surface area contributed by atoms with Crippen molar-refractivity contribution in [1.29, 1.82) is 0 Å². The summed E-state index contributed by atoms with van der Waals surface area (Å²) in [4.78, 5) is 16.8. The first kappa shape index (κ1) is 19.2. The Labute approximate surface area is 166 Å². The van der Waals surface area contributed by atoms with Crippen LogP contribution in [0.5, 0.6) is 11.5 Å². The maximum atomic E-state index is 12.3. The van der Waals surface area contributed by atoms with Gasteiger partial charge in [-0.2, -0.15) is 0 Å². The van der Waals surface area contributed by atoms with Crippen LogP contribution in [0.4, 0.5) is 5.69 Å². The number of para-hydroxylation sites is 2. The lowest BCUT2D eigenvalue weighted by Crippen LogP contribution is -2.15. The molecule has 140 valence electrons. The zero-order valence-electron chi connectivity index (χ0n) is 14.8. The summed E-state index contributed by atoms with van der Waals surface area (Å²) in [6.07, 6.45) is 0.192. The van der Waals surface area contributed by atoms with Crippen LogP contribution in [0, 0.1) is 0 Å². The Morgan fingerprint density at radius 3 is 2.70 bits per heavy atom. The highest BCUT2D eigenvalue weighted by Gasteiger charge is 2.11. The quantitative estimate of drug-likeness (QED) is 0.578. The summed E-state index contributed by atoms with van der Waals surface area (Å²) in [5, 5.41) is 6.21. The molecule has 3 rings (SSSR count). The van der Waals surface area contributed by atoms with Crippen molar-refractivity contribution < 1.29 is 14.3 Å². The van der Waals surface area contributed by atoms with Gasteiger partial charge >= 0.3 is 0 Å². The second kappa shape index (κ2) is 9.39. The van der Waals surface area contributed by atoms with Gasteiger partial charge in [0.2, 0.25) is 5.91 Å².